The van der Waals surface area contributed by atoms with E-state index in [9.17, 15) is 19.2 Å². The van der Waals surface area contributed by atoms with Gasteiger partial charge in [-0.05, 0) is 41.1 Å². The van der Waals surface area contributed by atoms with Crippen molar-refractivity contribution in [2.24, 2.45) is 0 Å². The van der Waals surface area contributed by atoms with E-state index in [0.717, 1.165) is 22.2 Å². The Morgan fingerprint density at radius 1 is 1.10 bits per heavy atom. The molecule has 31 heavy (non-hydrogen) atoms. The lowest BCUT2D eigenvalue weighted by molar-refractivity contribution is -0.137. The van der Waals surface area contributed by atoms with Crippen LogP contribution in [0.1, 0.15) is 17.5 Å². The minimum Gasteiger partial charge on any atom is -0.489 e. The summed E-state index contributed by atoms with van der Waals surface area (Å²) in [5.41, 5.74) is 1.71. The lowest BCUT2D eigenvalue weighted by Crippen LogP contribution is -2.40. The maximum absolute atomic E-state index is 12.5. The second kappa shape index (κ2) is 10.4. The SMILES string of the molecule is O=C(O)CCNC(=O)CN1C(=O)S/C(=C\c2cccc(OCc3ccccc3)c2)C1=O. The van der Waals surface area contributed by atoms with Gasteiger partial charge in [0.1, 0.15) is 18.9 Å². The monoisotopic (exact) mass is 440 g/mol. The van der Waals surface area contributed by atoms with Gasteiger partial charge in [-0.3, -0.25) is 24.1 Å². The van der Waals surface area contributed by atoms with Gasteiger partial charge >= 0.3 is 5.97 Å². The van der Waals surface area contributed by atoms with Crippen molar-refractivity contribution in [1.29, 1.82) is 0 Å². The van der Waals surface area contributed by atoms with E-state index in [1.165, 1.54) is 0 Å². The van der Waals surface area contributed by atoms with E-state index in [0.29, 0.717) is 17.9 Å². The molecule has 0 bridgehead atoms. The molecule has 0 radical (unpaired) electrons. The van der Waals surface area contributed by atoms with Crippen LogP contribution in [0, 0.1) is 0 Å². The highest BCUT2D eigenvalue weighted by atomic mass is 32.2. The van der Waals surface area contributed by atoms with Crippen LogP contribution >= 0.6 is 11.8 Å². The largest absolute Gasteiger partial charge is 0.489 e. The summed E-state index contributed by atoms with van der Waals surface area (Å²) in [6, 6.07) is 16.8. The summed E-state index contributed by atoms with van der Waals surface area (Å²) in [5, 5.41) is 10.4. The molecule has 1 heterocycles. The molecule has 0 spiro atoms. The number of hydrogen-bond acceptors (Lipinski definition) is 6. The predicted octanol–water partition coefficient (Wildman–Crippen LogP) is 2.89. The molecular weight excluding hydrogens is 420 g/mol. The van der Waals surface area contributed by atoms with Crippen LogP contribution in [0.4, 0.5) is 4.79 Å². The van der Waals surface area contributed by atoms with Crippen LogP contribution in [-0.4, -0.2) is 46.1 Å². The zero-order valence-corrected chi connectivity index (χ0v) is 17.3. The van der Waals surface area contributed by atoms with Crippen molar-refractivity contribution < 1.29 is 29.0 Å². The minimum atomic E-state index is -1.05. The molecule has 1 aliphatic rings. The van der Waals surface area contributed by atoms with Crippen LogP contribution in [0.15, 0.2) is 59.5 Å². The molecule has 2 aromatic carbocycles. The third-order valence-corrected chi connectivity index (χ3v) is 5.15. The maximum atomic E-state index is 12.5. The molecule has 3 amide bonds. The number of nitrogens with one attached hydrogen (secondary N) is 1. The van der Waals surface area contributed by atoms with E-state index in [1.54, 1.807) is 30.3 Å². The Hall–Kier alpha value is -3.59. The molecule has 2 N–H and O–H groups in total. The van der Waals surface area contributed by atoms with Crippen molar-refractivity contribution in [2.75, 3.05) is 13.1 Å². The fourth-order valence-corrected chi connectivity index (χ4v) is 3.57. The van der Waals surface area contributed by atoms with Gasteiger partial charge in [-0.2, -0.15) is 0 Å². The molecule has 0 saturated carbocycles. The van der Waals surface area contributed by atoms with Gasteiger partial charge in [0.2, 0.25) is 5.91 Å². The average molecular weight is 440 g/mol. The van der Waals surface area contributed by atoms with Gasteiger partial charge in [-0.15, -0.1) is 0 Å². The first kappa shape index (κ1) is 22.1. The number of carbonyl (C=O) groups is 4. The summed E-state index contributed by atoms with van der Waals surface area (Å²) >= 11 is 0.747. The third kappa shape index (κ3) is 6.45. The first-order chi connectivity index (χ1) is 14.9. The lowest BCUT2D eigenvalue weighted by Gasteiger charge is -2.11. The Kier molecular flexibility index (Phi) is 7.45. The molecule has 0 atom stereocenters. The number of aliphatic carboxylic acids is 1. The van der Waals surface area contributed by atoms with Gasteiger partial charge < -0.3 is 15.2 Å². The molecule has 3 rings (SSSR count). The summed E-state index contributed by atoms with van der Waals surface area (Å²) in [5.74, 6) is -1.60. The highest BCUT2D eigenvalue weighted by molar-refractivity contribution is 8.18. The number of hydrogen-bond donors (Lipinski definition) is 2. The first-order valence-electron chi connectivity index (χ1n) is 9.43. The summed E-state index contributed by atoms with van der Waals surface area (Å²) in [6.07, 6.45) is 1.33. The number of carbonyl (C=O) groups excluding carboxylic acids is 3. The Labute approximate surface area is 182 Å². The molecule has 9 heteroatoms. The lowest BCUT2D eigenvalue weighted by atomic mass is 10.2. The van der Waals surface area contributed by atoms with Crippen molar-refractivity contribution in [3.8, 4) is 5.75 Å². The molecule has 160 valence electrons. The Balaban J connectivity index is 1.61. The quantitative estimate of drug-likeness (QED) is 0.577. The standard InChI is InChI=1S/C22H20N2O6S/c25-19(23-10-9-20(26)27)13-24-21(28)18(31-22(24)29)12-16-7-4-8-17(11-16)30-14-15-5-2-1-3-6-15/h1-8,11-12H,9-10,13-14H2,(H,23,25)(H,26,27)/b18-12-. The number of rotatable bonds is 9. The molecule has 1 fully saturated rings. The van der Waals surface area contributed by atoms with E-state index >= 15 is 0 Å². The van der Waals surface area contributed by atoms with Gasteiger partial charge in [-0.1, -0.05) is 42.5 Å². The van der Waals surface area contributed by atoms with Crippen LogP contribution in [0.2, 0.25) is 0 Å². The molecule has 1 aliphatic heterocycles. The molecule has 2 aromatic rings. The van der Waals surface area contributed by atoms with E-state index in [2.05, 4.69) is 5.32 Å². The van der Waals surface area contributed by atoms with Gasteiger partial charge in [-0.25, -0.2) is 0 Å². The summed E-state index contributed by atoms with van der Waals surface area (Å²) < 4.78 is 5.78. The molecule has 0 aliphatic carbocycles. The molecule has 0 unspecified atom stereocenters. The summed E-state index contributed by atoms with van der Waals surface area (Å²) in [4.78, 5) is 48.1. The molecule has 1 saturated heterocycles. The maximum Gasteiger partial charge on any atom is 0.305 e. The van der Waals surface area contributed by atoms with E-state index in [4.69, 9.17) is 9.84 Å². The van der Waals surface area contributed by atoms with Gasteiger partial charge in [0.05, 0.1) is 11.3 Å². The van der Waals surface area contributed by atoms with Gasteiger partial charge in [0.25, 0.3) is 11.1 Å². The Morgan fingerprint density at radius 3 is 2.61 bits per heavy atom. The van der Waals surface area contributed by atoms with E-state index in [-0.39, 0.29) is 17.9 Å². The van der Waals surface area contributed by atoms with Crippen molar-refractivity contribution in [1.82, 2.24) is 10.2 Å². The van der Waals surface area contributed by atoms with Gasteiger partial charge in [0, 0.05) is 6.54 Å². The number of amides is 3. The molecule has 8 nitrogen and oxygen atoms in total. The first-order valence-corrected chi connectivity index (χ1v) is 10.2. The summed E-state index contributed by atoms with van der Waals surface area (Å²) in [6.45, 7) is -0.129. The van der Waals surface area contributed by atoms with Crippen molar-refractivity contribution >= 4 is 40.9 Å². The van der Waals surface area contributed by atoms with Gasteiger partial charge in [0.15, 0.2) is 0 Å². The van der Waals surface area contributed by atoms with Crippen LogP contribution < -0.4 is 10.1 Å². The van der Waals surface area contributed by atoms with E-state index in [1.807, 2.05) is 30.3 Å². The van der Waals surface area contributed by atoms with Crippen molar-refractivity contribution in [3.63, 3.8) is 0 Å². The van der Waals surface area contributed by atoms with Crippen LogP contribution in [0.5, 0.6) is 5.75 Å². The van der Waals surface area contributed by atoms with Crippen LogP contribution in [0.3, 0.4) is 0 Å². The average Bonchev–Trinajstić information content (AvgIpc) is 3.00. The number of benzene rings is 2. The van der Waals surface area contributed by atoms with Crippen LogP contribution in [0.25, 0.3) is 6.08 Å². The topological polar surface area (TPSA) is 113 Å². The fourth-order valence-electron chi connectivity index (χ4n) is 2.73. The fraction of sp³-hybridized carbons (Fsp3) is 0.182. The molecule has 0 aromatic heterocycles. The zero-order chi connectivity index (χ0) is 22.2. The second-order valence-electron chi connectivity index (χ2n) is 6.61. The number of imide groups is 1. The normalized spacial score (nSPS) is 14.7. The third-order valence-electron chi connectivity index (χ3n) is 4.24. The van der Waals surface area contributed by atoms with Crippen molar-refractivity contribution in [3.05, 3.63) is 70.6 Å². The minimum absolute atomic E-state index is 0.0734. The number of thioether (sulfide) groups is 1. The number of carboxylic acid groups (broad SMARTS) is 1. The van der Waals surface area contributed by atoms with Crippen molar-refractivity contribution in [2.45, 2.75) is 13.0 Å². The Bertz CT molecular complexity index is 1020. The highest BCUT2D eigenvalue weighted by Gasteiger charge is 2.36. The number of carboxylic acids is 1. The van der Waals surface area contributed by atoms with Crippen LogP contribution in [-0.2, 0) is 21.0 Å². The molecular formula is C22H20N2O6S. The second-order valence-corrected chi connectivity index (χ2v) is 7.60. The predicted molar refractivity (Wildman–Crippen MR) is 115 cm³/mol. The Morgan fingerprint density at radius 2 is 1.87 bits per heavy atom. The highest BCUT2D eigenvalue weighted by Crippen LogP contribution is 2.32. The number of ether oxygens (including phenoxy) is 1. The van der Waals surface area contributed by atoms with E-state index < -0.39 is 29.6 Å². The summed E-state index contributed by atoms with van der Waals surface area (Å²) in [7, 11) is 0. The zero-order valence-electron chi connectivity index (χ0n) is 16.4. The smallest absolute Gasteiger partial charge is 0.305 e. The number of nitrogens with zero attached hydrogens (tertiary/aromatic N) is 1.